The van der Waals surface area contributed by atoms with Crippen molar-refractivity contribution in [2.24, 2.45) is 0 Å². The van der Waals surface area contributed by atoms with E-state index in [1.54, 1.807) is 18.3 Å². The predicted octanol–water partition coefficient (Wildman–Crippen LogP) is 0.824. The van der Waals surface area contributed by atoms with E-state index >= 15 is 0 Å². The van der Waals surface area contributed by atoms with E-state index in [9.17, 15) is 8.42 Å². The maximum atomic E-state index is 12.0. The van der Waals surface area contributed by atoms with Gasteiger partial charge in [0.2, 0.25) is 0 Å². The van der Waals surface area contributed by atoms with E-state index in [2.05, 4.69) is 15.0 Å². The summed E-state index contributed by atoms with van der Waals surface area (Å²) in [5.41, 5.74) is 0. The quantitative estimate of drug-likeness (QED) is 0.748. The van der Waals surface area contributed by atoms with E-state index in [1.807, 2.05) is 7.05 Å². The number of nitrogens with one attached hydrogen (secondary N) is 3. The van der Waals surface area contributed by atoms with Gasteiger partial charge >= 0.3 is 0 Å². The molecule has 17 heavy (non-hydrogen) atoms. The molecule has 0 unspecified atom stereocenters. The fourth-order valence-corrected chi connectivity index (χ4v) is 3.55. The summed E-state index contributed by atoms with van der Waals surface area (Å²) in [5.74, 6) is 0. The van der Waals surface area contributed by atoms with Gasteiger partial charge in [0.15, 0.2) is 0 Å². The van der Waals surface area contributed by atoms with Crippen molar-refractivity contribution in [2.45, 2.75) is 42.8 Å². The second kappa shape index (κ2) is 5.20. The lowest BCUT2D eigenvalue weighted by molar-refractivity contribution is 0.342. The molecule has 0 amide bonds. The largest absolute Gasteiger partial charge is 0.351 e. The van der Waals surface area contributed by atoms with E-state index in [-0.39, 0.29) is 11.1 Å². The molecule has 0 atom stereocenters. The Morgan fingerprint density at radius 1 is 1.24 bits per heavy atom. The van der Waals surface area contributed by atoms with Gasteiger partial charge in [-0.2, -0.15) is 0 Å². The Morgan fingerprint density at radius 3 is 2.41 bits per heavy atom. The smallest absolute Gasteiger partial charge is 0.256 e. The first-order chi connectivity index (χ1) is 8.12. The van der Waals surface area contributed by atoms with Crippen molar-refractivity contribution >= 4 is 10.0 Å². The third-order valence-corrected chi connectivity index (χ3v) is 4.79. The maximum absolute atomic E-state index is 12.0. The number of aromatic amines is 1. The van der Waals surface area contributed by atoms with Gasteiger partial charge in [0.25, 0.3) is 10.0 Å². The van der Waals surface area contributed by atoms with Gasteiger partial charge in [-0.25, -0.2) is 13.1 Å². The van der Waals surface area contributed by atoms with Crippen LogP contribution >= 0.6 is 0 Å². The van der Waals surface area contributed by atoms with Crippen LogP contribution in [-0.2, 0) is 10.0 Å². The second-order valence-electron chi connectivity index (χ2n) is 4.49. The summed E-state index contributed by atoms with van der Waals surface area (Å²) < 4.78 is 26.7. The number of H-pyrrole nitrogens is 1. The molecule has 1 aromatic heterocycles. The average Bonchev–Trinajstić information content (AvgIpc) is 2.84. The molecule has 1 fully saturated rings. The van der Waals surface area contributed by atoms with Gasteiger partial charge in [-0.15, -0.1) is 0 Å². The van der Waals surface area contributed by atoms with Crippen LogP contribution in [0, 0.1) is 0 Å². The second-order valence-corrected chi connectivity index (χ2v) is 6.18. The van der Waals surface area contributed by atoms with E-state index in [0.717, 1.165) is 25.7 Å². The molecule has 96 valence electrons. The molecule has 1 aliphatic rings. The van der Waals surface area contributed by atoms with Crippen molar-refractivity contribution in [3.05, 3.63) is 18.3 Å². The van der Waals surface area contributed by atoms with Gasteiger partial charge in [0.05, 0.1) is 0 Å². The molecular weight excluding hydrogens is 238 g/mol. The van der Waals surface area contributed by atoms with Crippen LogP contribution in [0.5, 0.6) is 0 Å². The van der Waals surface area contributed by atoms with Crippen LogP contribution in [0.25, 0.3) is 0 Å². The standard InChI is InChI=1S/C11H19N3O2S/c1-12-9-4-6-10(7-5-9)14-17(15,16)11-3-2-8-13-11/h2-3,8-10,12-14H,4-7H2,1H3. The first-order valence-electron chi connectivity index (χ1n) is 5.95. The number of hydrogen-bond acceptors (Lipinski definition) is 3. The zero-order valence-corrected chi connectivity index (χ0v) is 10.8. The van der Waals surface area contributed by atoms with Gasteiger partial charge in [0, 0.05) is 18.3 Å². The fraction of sp³-hybridized carbons (Fsp3) is 0.636. The molecule has 1 aromatic rings. The van der Waals surface area contributed by atoms with Crippen molar-refractivity contribution in [1.29, 1.82) is 0 Å². The topological polar surface area (TPSA) is 74.0 Å². The highest BCUT2D eigenvalue weighted by Gasteiger charge is 2.25. The molecule has 0 bridgehead atoms. The van der Waals surface area contributed by atoms with Crippen LogP contribution in [-0.4, -0.2) is 32.5 Å². The number of sulfonamides is 1. The third kappa shape index (κ3) is 3.08. The number of rotatable bonds is 4. The SMILES string of the molecule is CNC1CCC(NS(=O)(=O)c2ccc[nH]2)CC1. The lowest BCUT2D eigenvalue weighted by Crippen LogP contribution is -2.41. The van der Waals surface area contributed by atoms with E-state index in [0.29, 0.717) is 6.04 Å². The average molecular weight is 257 g/mol. The van der Waals surface area contributed by atoms with Crippen LogP contribution in [0.1, 0.15) is 25.7 Å². The van der Waals surface area contributed by atoms with Gasteiger partial charge in [-0.3, -0.25) is 0 Å². The Morgan fingerprint density at radius 2 is 1.88 bits per heavy atom. The van der Waals surface area contributed by atoms with E-state index < -0.39 is 10.0 Å². The summed E-state index contributed by atoms with van der Waals surface area (Å²) in [6.45, 7) is 0. The minimum atomic E-state index is -3.37. The highest BCUT2D eigenvalue weighted by atomic mass is 32.2. The van der Waals surface area contributed by atoms with Crippen LogP contribution in [0.3, 0.4) is 0 Å². The van der Waals surface area contributed by atoms with Crippen LogP contribution < -0.4 is 10.0 Å². The molecule has 2 rings (SSSR count). The molecule has 1 aliphatic carbocycles. The molecule has 3 N–H and O–H groups in total. The van der Waals surface area contributed by atoms with Gasteiger partial charge in [0.1, 0.15) is 5.03 Å². The normalized spacial score (nSPS) is 25.9. The zero-order chi connectivity index (χ0) is 12.3. The Hall–Kier alpha value is -0.850. The molecule has 5 nitrogen and oxygen atoms in total. The lowest BCUT2D eigenvalue weighted by Gasteiger charge is -2.28. The Balaban J connectivity index is 1.94. The van der Waals surface area contributed by atoms with Crippen molar-refractivity contribution in [3.63, 3.8) is 0 Å². The summed E-state index contributed by atoms with van der Waals surface area (Å²) in [6, 6.07) is 3.85. The maximum Gasteiger partial charge on any atom is 0.256 e. The highest BCUT2D eigenvalue weighted by molar-refractivity contribution is 7.89. The van der Waals surface area contributed by atoms with Crippen LogP contribution in [0.15, 0.2) is 23.4 Å². The molecule has 0 aromatic carbocycles. The van der Waals surface area contributed by atoms with Crippen molar-refractivity contribution < 1.29 is 8.42 Å². The summed E-state index contributed by atoms with van der Waals surface area (Å²) in [5, 5.41) is 3.48. The molecular formula is C11H19N3O2S. The van der Waals surface area contributed by atoms with Crippen molar-refractivity contribution in [3.8, 4) is 0 Å². The van der Waals surface area contributed by atoms with Crippen LogP contribution in [0.4, 0.5) is 0 Å². The fourth-order valence-electron chi connectivity index (χ4n) is 2.26. The van der Waals surface area contributed by atoms with Crippen molar-refractivity contribution in [1.82, 2.24) is 15.0 Å². The Kier molecular flexibility index (Phi) is 3.86. The van der Waals surface area contributed by atoms with Gasteiger partial charge in [-0.1, -0.05) is 0 Å². The van der Waals surface area contributed by atoms with Gasteiger partial charge in [-0.05, 0) is 44.9 Å². The third-order valence-electron chi connectivity index (χ3n) is 3.32. The molecule has 0 radical (unpaired) electrons. The van der Waals surface area contributed by atoms with Crippen LogP contribution in [0.2, 0.25) is 0 Å². The minimum absolute atomic E-state index is 0.0629. The Labute approximate surface area is 102 Å². The lowest BCUT2D eigenvalue weighted by atomic mass is 9.92. The van der Waals surface area contributed by atoms with E-state index in [1.165, 1.54) is 0 Å². The summed E-state index contributed by atoms with van der Waals surface area (Å²) >= 11 is 0. The summed E-state index contributed by atoms with van der Waals surface area (Å²) in [6.07, 6.45) is 5.45. The summed E-state index contributed by atoms with van der Waals surface area (Å²) in [7, 11) is -1.41. The zero-order valence-electron chi connectivity index (χ0n) is 9.94. The first kappa shape index (κ1) is 12.6. The number of hydrogen-bond donors (Lipinski definition) is 3. The Bertz CT molecular complexity index is 433. The molecule has 0 spiro atoms. The molecule has 0 saturated heterocycles. The first-order valence-corrected chi connectivity index (χ1v) is 7.43. The number of aromatic nitrogens is 1. The molecule has 0 aliphatic heterocycles. The summed E-state index contributed by atoms with van der Waals surface area (Å²) in [4.78, 5) is 2.72. The predicted molar refractivity (Wildman–Crippen MR) is 66.2 cm³/mol. The monoisotopic (exact) mass is 257 g/mol. The minimum Gasteiger partial charge on any atom is -0.351 e. The molecule has 1 saturated carbocycles. The molecule has 1 heterocycles. The highest BCUT2D eigenvalue weighted by Crippen LogP contribution is 2.20. The van der Waals surface area contributed by atoms with Gasteiger partial charge < -0.3 is 10.3 Å². The van der Waals surface area contributed by atoms with Crippen molar-refractivity contribution in [2.75, 3.05) is 7.05 Å². The molecule has 6 heteroatoms. The van der Waals surface area contributed by atoms with E-state index in [4.69, 9.17) is 0 Å².